The zero-order chi connectivity index (χ0) is 18.2. The second-order valence-corrected chi connectivity index (χ2v) is 8.41. The quantitative estimate of drug-likeness (QED) is 0.743. The zero-order valence-corrected chi connectivity index (χ0v) is 15.9. The van der Waals surface area contributed by atoms with Crippen LogP contribution >= 0.6 is 11.8 Å². The van der Waals surface area contributed by atoms with Gasteiger partial charge < -0.3 is 14.8 Å². The summed E-state index contributed by atoms with van der Waals surface area (Å²) in [5.41, 5.74) is 3.36. The minimum atomic E-state index is 0.0279. The van der Waals surface area contributed by atoms with Crippen LogP contribution in [0.4, 0.5) is 5.95 Å². The van der Waals surface area contributed by atoms with Crippen LogP contribution in [0.2, 0.25) is 0 Å². The van der Waals surface area contributed by atoms with Gasteiger partial charge in [0.25, 0.3) is 0 Å². The van der Waals surface area contributed by atoms with Crippen LogP contribution in [0.1, 0.15) is 12.0 Å². The number of hydrogen-bond acceptors (Lipinski definition) is 4. The molecule has 0 radical (unpaired) electrons. The van der Waals surface area contributed by atoms with Crippen molar-refractivity contribution in [1.29, 1.82) is 0 Å². The van der Waals surface area contributed by atoms with Crippen molar-refractivity contribution in [1.82, 2.24) is 14.9 Å². The summed E-state index contributed by atoms with van der Waals surface area (Å²) < 4.78 is 0. The fourth-order valence-corrected chi connectivity index (χ4v) is 5.24. The molecule has 3 heterocycles. The second kappa shape index (κ2) is 6.93. The Morgan fingerprint density at radius 3 is 2.78 bits per heavy atom. The Bertz CT molecular complexity index is 927. The Balaban J connectivity index is 1.27. The lowest BCUT2D eigenvalue weighted by Gasteiger charge is -2.24. The normalized spacial score (nSPS) is 19.9. The van der Waals surface area contributed by atoms with Crippen LogP contribution in [0.15, 0.2) is 53.4 Å². The van der Waals surface area contributed by atoms with Crippen molar-refractivity contribution in [3.8, 4) is 0 Å². The monoisotopic (exact) mass is 378 g/mol. The van der Waals surface area contributed by atoms with Gasteiger partial charge in [0.15, 0.2) is 0 Å². The molecule has 0 aliphatic carbocycles. The SMILES string of the molecule is O=C(C1Cc2ccccc2S1)N1CCCN(c2nc3ccccc3[nH]2)CC1. The fourth-order valence-electron chi connectivity index (χ4n) is 3.96. The van der Waals surface area contributed by atoms with Gasteiger partial charge in [0, 0.05) is 31.1 Å². The molecule has 1 amide bonds. The summed E-state index contributed by atoms with van der Waals surface area (Å²) in [6.07, 6.45) is 1.82. The predicted molar refractivity (Wildman–Crippen MR) is 109 cm³/mol. The first-order valence-corrected chi connectivity index (χ1v) is 10.4. The van der Waals surface area contributed by atoms with Crippen molar-refractivity contribution < 1.29 is 4.79 Å². The highest BCUT2D eigenvalue weighted by molar-refractivity contribution is 8.01. The summed E-state index contributed by atoms with van der Waals surface area (Å²) in [4.78, 5) is 26.8. The maximum absolute atomic E-state index is 13.1. The Morgan fingerprint density at radius 1 is 1.04 bits per heavy atom. The summed E-state index contributed by atoms with van der Waals surface area (Å²) in [7, 11) is 0. The van der Waals surface area contributed by atoms with Crippen LogP contribution < -0.4 is 4.90 Å². The summed E-state index contributed by atoms with van der Waals surface area (Å²) >= 11 is 1.72. The smallest absolute Gasteiger partial charge is 0.236 e. The van der Waals surface area contributed by atoms with Crippen molar-refractivity contribution in [3.05, 3.63) is 54.1 Å². The maximum atomic E-state index is 13.1. The average molecular weight is 379 g/mol. The maximum Gasteiger partial charge on any atom is 0.236 e. The zero-order valence-electron chi connectivity index (χ0n) is 15.1. The van der Waals surface area contributed by atoms with E-state index in [0.717, 1.165) is 56.0 Å². The molecule has 2 aromatic carbocycles. The number of aromatic nitrogens is 2. The molecular formula is C21H22N4OS. The van der Waals surface area contributed by atoms with Crippen LogP contribution in [0.5, 0.6) is 0 Å². The Labute approximate surface area is 162 Å². The number of carbonyl (C=O) groups is 1. The third-order valence-electron chi connectivity index (χ3n) is 5.41. The first-order valence-electron chi connectivity index (χ1n) is 9.51. The Hall–Kier alpha value is -2.47. The topological polar surface area (TPSA) is 52.2 Å². The van der Waals surface area contributed by atoms with Crippen molar-refractivity contribution in [2.24, 2.45) is 0 Å². The Kier molecular flexibility index (Phi) is 4.28. The molecule has 5 nitrogen and oxygen atoms in total. The summed E-state index contributed by atoms with van der Waals surface area (Å²) in [6, 6.07) is 16.5. The third kappa shape index (κ3) is 3.18. The molecule has 27 heavy (non-hydrogen) atoms. The molecule has 1 unspecified atom stereocenters. The van der Waals surface area contributed by atoms with Gasteiger partial charge >= 0.3 is 0 Å². The van der Waals surface area contributed by atoms with Gasteiger partial charge in [-0.15, -0.1) is 11.8 Å². The van der Waals surface area contributed by atoms with E-state index in [-0.39, 0.29) is 11.2 Å². The molecular weight excluding hydrogens is 356 g/mol. The van der Waals surface area contributed by atoms with Crippen LogP contribution in [0, 0.1) is 0 Å². The van der Waals surface area contributed by atoms with Crippen molar-refractivity contribution in [2.75, 3.05) is 31.1 Å². The number of imidazole rings is 1. The number of para-hydroxylation sites is 2. The number of nitrogens with zero attached hydrogens (tertiary/aromatic N) is 3. The van der Waals surface area contributed by atoms with Gasteiger partial charge in [-0.2, -0.15) is 0 Å². The lowest BCUT2D eigenvalue weighted by atomic mass is 10.1. The van der Waals surface area contributed by atoms with E-state index in [1.165, 1.54) is 10.5 Å². The number of rotatable bonds is 2. The fraction of sp³-hybridized carbons (Fsp3) is 0.333. The third-order valence-corrected chi connectivity index (χ3v) is 6.71. The summed E-state index contributed by atoms with van der Waals surface area (Å²) in [5, 5.41) is 0.0279. The Morgan fingerprint density at radius 2 is 1.89 bits per heavy atom. The van der Waals surface area contributed by atoms with Crippen LogP contribution in [0.3, 0.4) is 0 Å². The number of H-pyrrole nitrogens is 1. The van der Waals surface area contributed by atoms with E-state index in [2.05, 4.69) is 40.2 Å². The predicted octanol–water partition coefficient (Wildman–Crippen LogP) is 3.32. The van der Waals surface area contributed by atoms with Gasteiger partial charge in [0.2, 0.25) is 11.9 Å². The van der Waals surface area contributed by atoms with Gasteiger partial charge in [-0.25, -0.2) is 4.98 Å². The van der Waals surface area contributed by atoms with E-state index in [1.807, 2.05) is 23.1 Å². The number of aromatic amines is 1. The van der Waals surface area contributed by atoms with Crippen molar-refractivity contribution in [3.63, 3.8) is 0 Å². The molecule has 5 rings (SSSR count). The minimum absolute atomic E-state index is 0.0279. The number of anilines is 1. The molecule has 2 aliphatic heterocycles. The number of benzene rings is 2. The highest BCUT2D eigenvalue weighted by atomic mass is 32.2. The highest BCUT2D eigenvalue weighted by Crippen LogP contribution is 2.37. The number of nitrogens with one attached hydrogen (secondary N) is 1. The molecule has 0 bridgehead atoms. The van der Waals surface area contributed by atoms with Crippen molar-refractivity contribution in [2.45, 2.75) is 23.0 Å². The van der Waals surface area contributed by atoms with Gasteiger partial charge in [-0.3, -0.25) is 4.79 Å². The number of fused-ring (bicyclic) bond motifs is 2. The molecule has 1 atom stereocenters. The van der Waals surface area contributed by atoms with Crippen LogP contribution in [-0.2, 0) is 11.2 Å². The molecule has 0 spiro atoms. The minimum Gasteiger partial charge on any atom is -0.341 e. The molecule has 1 fully saturated rings. The van der Waals surface area contributed by atoms with E-state index in [4.69, 9.17) is 4.98 Å². The summed E-state index contributed by atoms with van der Waals surface area (Å²) in [6.45, 7) is 3.31. The standard InChI is InChI=1S/C21H22N4OS/c26-20(19-14-15-6-1-4-9-18(15)27-19)24-10-5-11-25(13-12-24)21-22-16-7-2-3-8-17(16)23-21/h1-4,6-9,19H,5,10-14H2,(H,22,23). The number of carbonyl (C=O) groups excluding carboxylic acids is 1. The van der Waals surface area contributed by atoms with Crippen LogP contribution in [-0.4, -0.2) is 52.2 Å². The first-order chi connectivity index (χ1) is 13.3. The molecule has 2 aliphatic rings. The lowest BCUT2D eigenvalue weighted by molar-refractivity contribution is -0.130. The van der Waals surface area contributed by atoms with E-state index < -0.39 is 0 Å². The molecule has 0 saturated carbocycles. The number of thioether (sulfide) groups is 1. The van der Waals surface area contributed by atoms with E-state index in [9.17, 15) is 4.79 Å². The van der Waals surface area contributed by atoms with Gasteiger partial charge in [-0.1, -0.05) is 30.3 Å². The van der Waals surface area contributed by atoms with Gasteiger partial charge in [0.1, 0.15) is 0 Å². The molecule has 138 valence electrons. The molecule has 1 aromatic heterocycles. The molecule has 3 aromatic rings. The largest absolute Gasteiger partial charge is 0.341 e. The molecule has 6 heteroatoms. The average Bonchev–Trinajstić information content (AvgIpc) is 3.24. The number of hydrogen-bond donors (Lipinski definition) is 1. The van der Waals surface area contributed by atoms with Gasteiger partial charge in [-0.05, 0) is 36.6 Å². The van der Waals surface area contributed by atoms with E-state index in [0.29, 0.717) is 0 Å². The van der Waals surface area contributed by atoms with Crippen LogP contribution in [0.25, 0.3) is 11.0 Å². The summed E-state index contributed by atoms with van der Waals surface area (Å²) in [5.74, 6) is 1.19. The molecule has 1 N–H and O–H groups in total. The highest BCUT2D eigenvalue weighted by Gasteiger charge is 2.32. The van der Waals surface area contributed by atoms with E-state index >= 15 is 0 Å². The first kappa shape index (κ1) is 16.7. The second-order valence-electron chi connectivity index (χ2n) is 7.16. The van der Waals surface area contributed by atoms with Gasteiger partial charge in [0.05, 0.1) is 16.3 Å². The van der Waals surface area contributed by atoms with E-state index in [1.54, 1.807) is 11.8 Å². The molecule has 1 saturated heterocycles. The van der Waals surface area contributed by atoms with Crippen molar-refractivity contribution >= 4 is 34.7 Å². The number of amides is 1. The lowest BCUT2D eigenvalue weighted by Crippen LogP contribution is -2.40.